The highest BCUT2D eigenvalue weighted by molar-refractivity contribution is 6.08. The Morgan fingerprint density at radius 3 is 1.95 bits per heavy atom. The lowest BCUT2D eigenvalue weighted by Gasteiger charge is -2.44. The van der Waals surface area contributed by atoms with Gasteiger partial charge in [0.25, 0.3) is 0 Å². The molecule has 6 aliphatic rings. The summed E-state index contributed by atoms with van der Waals surface area (Å²) in [6.07, 6.45) is 17.0. The molecule has 0 spiro atoms. The molecule has 1 unspecified atom stereocenters. The van der Waals surface area contributed by atoms with Gasteiger partial charge in [0, 0.05) is 75.2 Å². The van der Waals surface area contributed by atoms with Gasteiger partial charge in [0.1, 0.15) is 35.3 Å². The van der Waals surface area contributed by atoms with Crippen LogP contribution in [0.2, 0.25) is 0 Å². The number of piperidine rings is 6. The molecular formula is C48H58ClN13O3. The topological polar surface area (TPSA) is 191 Å². The Hall–Kier alpha value is -6.49. The summed E-state index contributed by atoms with van der Waals surface area (Å²) >= 11 is 0. The first-order valence-electron chi connectivity index (χ1n) is 22.2. The van der Waals surface area contributed by atoms with E-state index in [1.54, 1.807) is 23.1 Å². The van der Waals surface area contributed by atoms with Gasteiger partial charge in [-0.1, -0.05) is 48.5 Å². The molecule has 2 atom stereocenters. The highest BCUT2D eigenvalue weighted by Crippen LogP contribution is 2.35. The quantitative estimate of drug-likeness (QED) is 0.0706. The maximum absolute atomic E-state index is 12.6. The molecule has 0 amide bonds. The number of guanidine groups is 1. The zero-order valence-corrected chi connectivity index (χ0v) is 38.2. The number of nitrogens with one attached hydrogen (secondary N) is 2. The van der Waals surface area contributed by atoms with Crippen LogP contribution in [-0.4, -0.2) is 121 Å². The third kappa shape index (κ3) is 9.79. The molecule has 0 saturated carbocycles. The summed E-state index contributed by atoms with van der Waals surface area (Å²) in [6.45, 7) is 11.2. The lowest BCUT2D eigenvalue weighted by molar-refractivity contribution is -0.524. The lowest BCUT2D eigenvalue weighted by atomic mass is 9.84. The Morgan fingerprint density at radius 2 is 1.37 bits per heavy atom. The number of imidazole rings is 2. The zero-order valence-electron chi connectivity index (χ0n) is 37.4. The number of halogens is 1. The van der Waals surface area contributed by atoms with Crippen LogP contribution in [0.5, 0.6) is 0 Å². The number of nitrogens with two attached hydrogens (primary N) is 2. The predicted molar refractivity (Wildman–Crippen MR) is 247 cm³/mol. The van der Waals surface area contributed by atoms with E-state index in [1.165, 1.54) is 69.8 Å². The molecule has 13 rings (SSSR count). The van der Waals surface area contributed by atoms with Crippen LogP contribution >= 0.6 is 0 Å². The van der Waals surface area contributed by atoms with E-state index in [4.69, 9.17) is 30.3 Å². The minimum absolute atomic E-state index is 0. The number of aromatic nitrogens is 6. The van der Waals surface area contributed by atoms with Crippen molar-refractivity contribution in [3.05, 3.63) is 115 Å². The fourth-order valence-corrected chi connectivity index (χ4v) is 9.60. The number of hydrogen-bond donors (Lipinski definition) is 4. The highest BCUT2D eigenvalue weighted by Gasteiger charge is 2.36. The Bertz CT molecular complexity index is 2780. The number of fused-ring (bicyclic) bond motifs is 8. The van der Waals surface area contributed by atoms with Gasteiger partial charge in [0.05, 0.1) is 11.7 Å². The van der Waals surface area contributed by atoms with E-state index in [-0.39, 0.29) is 18.2 Å². The van der Waals surface area contributed by atoms with Crippen molar-refractivity contribution in [2.75, 3.05) is 58.7 Å². The minimum atomic E-state index is -0.110. The summed E-state index contributed by atoms with van der Waals surface area (Å²) in [6, 6.07) is 19.0. The Labute approximate surface area is 384 Å². The number of aryl methyl sites for hydroxylation is 2. The molecule has 17 heteroatoms. The SMILES string of the molecule is Cc1ccccc1-c1nc2occn2c1-c1ccnc(NC2CN3CCC2CC3)n1.Cc1ccccc1-c1nc2occn2c1C(=O)C=CN(C)C.NC(N)=[NH+][C@H]1CN2CCC1CC2.[Cl-]. The van der Waals surface area contributed by atoms with Gasteiger partial charge in [0.2, 0.25) is 11.7 Å². The predicted octanol–water partition coefficient (Wildman–Crippen LogP) is 1.47. The molecule has 0 radical (unpaired) electrons. The van der Waals surface area contributed by atoms with Gasteiger partial charge >= 0.3 is 17.6 Å². The smallest absolute Gasteiger partial charge is 0.339 e. The van der Waals surface area contributed by atoms with Crippen LogP contribution in [0.3, 0.4) is 0 Å². The molecule has 65 heavy (non-hydrogen) atoms. The molecular weight excluding hydrogens is 842 g/mol. The number of nitrogens with zero attached hydrogens (tertiary/aromatic N) is 9. The second-order valence-corrected chi connectivity index (χ2v) is 17.5. The van der Waals surface area contributed by atoms with Crippen molar-refractivity contribution in [1.29, 1.82) is 0 Å². The number of carbonyl (C=O) groups is 1. The van der Waals surface area contributed by atoms with Crippen molar-refractivity contribution in [3.63, 3.8) is 0 Å². The Kier molecular flexibility index (Phi) is 13.7. The van der Waals surface area contributed by atoms with Crippen molar-refractivity contribution in [3.8, 4) is 33.9 Å². The van der Waals surface area contributed by atoms with Crippen LogP contribution in [-0.2, 0) is 0 Å². The van der Waals surface area contributed by atoms with Gasteiger partial charge in [-0.05, 0) is 94.7 Å². The summed E-state index contributed by atoms with van der Waals surface area (Å²) < 4.78 is 14.6. The maximum atomic E-state index is 12.6. The maximum Gasteiger partial charge on any atom is 0.339 e. The molecule has 5 aromatic heterocycles. The van der Waals surface area contributed by atoms with Gasteiger partial charge in [0.15, 0.2) is 0 Å². The number of benzene rings is 2. The first kappa shape index (κ1) is 45.1. The fourth-order valence-electron chi connectivity index (χ4n) is 9.60. The Morgan fingerprint density at radius 1 is 0.785 bits per heavy atom. The normalized spacial score (nSPS) is 21.8. The number of hydrogen-bond acceptors (Lipinski definition) is 11. The van der Waals surface area contributed by atoms with Gasteiger partial charge in [-0.25, -0.2) is 9.97 Å². The molecule has 7 aromatic rings. The number of allylic oxidation sites excluding steroid dienone is 1. The molecule has 6 saturated heterocycles. The van der Waals surface area contributed by atoms with E-state index in [0.29, 0.717) is 53.0 Å². The van der Waals surface area contributed by atoms with Gasteiger partial charge in [-0.2, -0.15) is 9.97 Å². The van der Waals surface area contributed by atoms with E-state index < -0.39 is 0 Å². The van der Waals surface area contributed by atoms with Crippen molar-refractivity contribution >= 4 is 29.4 Å². The third-order valence-electron chi connectivity index (χ3n) is 13.0. The fraction of sp³-hybridized carbons (Fsp3) is 0.375. The van der Waals surface area contributed by atoms with Gasteiger partial charge in [-0.15, -0.1) is 0 Å². The summed E-state index contributed by atoms with van der Waals surface area (Å²) in [5, 5.41) is 3.61. The summed E-state index contributed by atoms with van der Waals surface area (Å²) in [4.78, 5) is 41.2. The van der Waals surface area contributed by atoms with Crippen LogP contribution in [0.4, 0.5) is 5.95 Å². The summed E-state index contributed by atoms with van der Waals surface area (Å²) in [7, 11) is 3.74. The van der Waals surface area contributed by atoms with Crippen molar-refractivity contribution in [2.24, 2.45) is 23.3 Å². The summed E-state index contributed by atoms with van der Waals surface area (Å²) in [5.41, 5.74) is 18.9. The molecule has 2 aromatic carbocycles. The number of carbonyl (C=O) groups excluding carboxylic acids is 1. The number of rotatable bonds is 9. The highest BCUT2D eigenvalue weighted by atomic mass is 35.5. The minimum Gasteiger partial charge on any atom is -1.00 e. The molecule has 6 fully saturated rings. The Balaban J connectivity index is 0.000000144. The van der Waals surface area contributed by atoms with E-state index in [1.807, 2.05) is 85.2 Å². The van der Waals surface area contributed by atoms with Crippen molar-refractivity contribution in [2.45, 2.75) is 51.6 Å². The molecule has 4 bridgehead atoms. The average molecular weight is 901 g/mol. The van der Waals surface area contributed by atoms with Crippen LogP contribution in [0, 0.1) is 25.7 Å². The number of anilines is 1. The monoisotopic (exact) mass is 899 g/mol. The number of oxazole rings is 2. The third-order valence-corrected chi connectivity index (χ3v) is 13.0. The van der Waals surface area contributed by atoms with Gasteiger partial charge in [-0.3, -0.25) is 35.0 Å². The molecule has 340 valence electrons. The lowest BCUT2D eigenvalue weighted by Crippen LogP contribution is -3.00. The number of ketones is 1. The second-order valence-electron chi connectivity index (χ2n) is 17.5. The molecule has 11 heterocycles. The van der Waals surface area contributed by atoms with Crippen LogP contribution in [0.1, 0.15) is 47.3 Å². The standard InChI is InChI=1S/C23H24N6O.C17H17N3O2.C8H16N4.ClH/c1-15-4-2-3-5-17(15)20-21(29-12-13-30-23(29)27-20)18-6-9-24-22(25-18)26-19-14-28-10-7-16(19)8-11-28;1-12-6-4-5-7-13(12)15-16(14(21)8-9-19(2)3)20-10-11-22-17(20)18-15;9-8(10)11-7-5-12-3-1-6(7)2-4-12;/h2-6,9,12-13,16,19H,7-8,10-11,14H2,1H3,(H,24,25,26);4-11H,1-3H3;6-7H,1-5H2,(H4,9,10,11);1H/t;;7-;/m..0./s1. The van der Waals surface area contributed by atoms with E-state index in [0.717, 1.165) is 52.8 Å². The molecule has 6 aliphatic heterocycles. The van der Waals surface area contributed by atoms with Crippen LogP contribution in [0.25, 0.3) is 45.6 Å². The molecule has 0 aliphatic carbocycles. The van der Waals surface area contributed by atoms with E-state index in [9.17, 15) is 4.79 Å². The first-order valence-corrected chi connectivity index (χ1v) is 22.2. The first-order chi connectivity index (χ1) is 31.1. The van der Waals surface area contributed by atoms with E-state index in [2.05, 4.69) is 49.1 Å². The average Bonchev–Trinajstić information content (AvgIpc) is 4.10. The molecule has 6 N–H and O–H groups in total. The second kappa shape index (κ2) is 19.7. The summed E-state index contributed by atoms with van der Waals surface area (Å²) in [5.74, 6) is 3.42. The van der Waals surface area contributed by atoms with Crippen molar-refractivity contribution < 1.29 is 31.0 Å². The van der Waals surface area contributed by atoms with Crippen LogP contribution in [0.15, 0.2) is 107 Å². The molecule has 16 nitrogen and oxygen atoms in total. The van der Waals surface area contributed by atoms with Gasteiger partial charge < -0.3 is 36.4 Å². The van der Waals surface area contributed by atoms with Crippen LogP contribution < -0.4 is 34.2 Å². The van der Waals surface area contributed by atoms with E-state index >= 15 is 0 Å². The van der Waals surface area contributed by atoms with Crippen molar-refractivity contribution in [1.82, 2.24) is 43.4 Å². The largest absolute Gasteiger partial charge is 1.00 e. The zero-order chi connectivity index (χ0) is 44.3.